The van der Waals surface area contributed by atoms with Gasteiger partial charge in [-0.05, 0) is 183 Å². The van der Waals surface area contributed by atoms with E-state index < -0.39 is 0 Å². The second kappa shape index (κ2) is 27.2. The van der Waals surface area contributed by atoms with Crippen LogP contribution in [0.4, 0.5) is 0 Å². The van der Waals surface area contributed by atoms with Gasteiger partial charge < -0.3 is 9.97 Å². The Labute approximate surface area is 544 Å². The summed E-state index contributed by atoms with van der Waals surface area (Å²) >= 11 is 0. The fraction of sp³-hybridized carbons (Fsp3) is 0.293. The van der Waals surface area contributed by atoms with Gasteiger partial charge in [-0.2, -0.15) is 0 Å². The van der Waals surface area contributed by atoms with Crippen LogP contribution in [0, 0.1) is 23.0 Å². The molecule has 0 aliphatic rings. The summed E-state index contributed by atoms with van der Waals surface area (Å²) in [6, 6.07) is 81.7. The zero-order chi connectivity index (χ0) is 60.2. The molecule has 4 heteroatoms. The van der Waals surface area contributed by atoms with Crippen molar-refractivity contribution in [3.05, 3.63) is 253 Å². The predicted molar refractivity (Wildman–Crippen MR) is 361 cm³/mol. The van der Waals surface area contributed by atoms with Gasteiger partial charge in [-0.3, -0.25) is 0 Å². The van der Waals surface area contributed by atoms with Crippen LogP contribution in [-0.2, 0) is 61.9 Å². The molecule has 8 aromatic carbocycles. The molecule has 0 atom stereocenters. The standard InChI is InChI=1S/C45H52N.C37H36N.2Ir/c1-42(2,3)30-44(7,8)39-21-16-32(17-22-39)36-26-37(33-18-23-40(24-19-33)45(9,10)31-43(4,5)6)28-38(27-36)35-20-25-41(46-29-35)34-14-12-11-13-15-34;1-36(2,3)33-17-13-26(14-18-33)30-23-31(27-15-19-34(20-16-27)37(4,5)6)25-32(24-30)28-10-9-11-29(22-28)35-12-7-8-21-38-35;;/h11-14,16-29H,30-31H2,1-10H3;7-10,12-25H,1-6H3;;/q2*-1;;. The molecule has 0 N–H and O–H groups in total. The van der Waals surface area contributed by atoms with Crippen molar-refractivity contribution in [2.75, 3.05) is 0 Å². The zero-order valence-corrected chi connectivity index (χ0v) is 58.6. The molecule has 0 aliphatic carbocycles. The van der Waals surface area contributed by atoms with Crippen molar-refractivity contribution in [2.45, 2.75) is 145 Å². The molecule has 0 amide bonds. The minimum Gasteiger partial charge on any atom is -0.305 e. The molecule has 10 aromatic rings. The smallest absolute Gasteiger partial charge is 0.0239 e. The van der Waals surface area contributed by atoms with Crippen LogP contribution < -0.4 is 0 Å². The molecule has 446 valence electrons. The quantitative estimate of drug-likeness (QED) is 0.114. The van der Waals surface area contributed by atoms with Crippen molar-refractivity contribution in [2.24, 2.45) is 10.8 Å². The fourth-order valence-electron chi connectivity index (χ4n) is 12.3. The van der Waals surface area contributed by atoms with E-state index in [1.54, 1.807) is 0 Å². The molecular weight excluding hydrogens is 1400 g/mol. The van der Waals surface area contributed by atoms with Gasteiger partial charge in [-0.15, -0.1) is 71.3 Å². The summed E-state index contributed by atoms with van der Waals surface area (Å²) in [5.41, 5.74) is 24.7. The Morgan fingerprint density at radius 3 is 1.00 bits per heavy atom. The van der Waals surface area contributed by atoms with E-state index in [-0.39, 0.29) is 72.7 Å². The van der Waals surface area contributed by atoms with Crippen molar-refractivity contribution in [3.63, 3.8) is 0 Å². The number of hydrogen-bond donors (Lipinski definition) is 0. The second-order valence-corrected chi connectivity index (χ2v) is 29.1. The van der Waals surface area contributed by atoms with Gasteiger partial charge in [0.25, 0.3) is 0 Å². The number of benzene rings is 8. The van der Waals surface area contributed by atoms with Crippen LogP contribution in [0.1, 0.15) is 146 Å². The summed E-state index contributed by atoms with van der Waals surface area (Å²) in [5, 5.41) is 0. The average Bonchev–Trinajstić information content (AvgIpc) is 3.30. The van der Waals surface area contributed by atoms with E-state index in [4.69, 9.17) is 4.98 Å². The van der Waals surface area contributed by atoms with E-state index in [0.29, 0.717) is 0 Å². The molecule has 0 aliphatic heterocycles. The van der Waals surface area contributed by atoms with Gasteiger partial charge in [0.1, 0.15) is 0 Å². The minimum atomic E-state index is 0. The fourth-order valence-corrected chi connectivity index (χ4v) is 12.3. The van der Waals surface area contributed by atoms with Crippen molar-refractivity contribution < 1.29 is 40.2 Å². The zero-order valence-electron chi connectivity index (χ0n) is 53.8. The van der Waals surface area contributed by atoms with E-state index in [0.717, 1.165) is 52.0 Å². The van der Waals surface area contributed by atoms with Gasteiger partial charge in [-0.1, -0.05) is 232 Å². The predicted octanol–water partition coefficient (Wildman–Crippen LogP) is 23.1. The molecule has 2 aromatic heterocycles. The molecule has 2 heterocycles. The number of pyridine rings is 2. The summed E-state index contributed by atoms with van der Waals surface area (Å²) < 4.78 is 0. The summed E-state index contributed by atoms with van der Waals surface area (Å²) in [7, 11) is 0. The van der Waals surface area contributed by atoms with Crippen LogP contribution in [0.25, 0.3) is 89.3 Å². The summed E-state index contributed by atoms with van der Waals surface area (Å²) in [6.45, 7) is 37.0. The molecule has 0 bridgehead atoms. The maximum atomic E-state index is 4.83. The Morgan fingerprint density at radius 2 is 0.651 bits per heavy atom. The molecule has 2 nitrogen and oxygen atoms in total. The van der Waals surface area contributed by atoms with E-state index in [1.165, 1.54) is 72.3 Å². The number of aromatic nitrogens is 2. The first-order chi connectivity index (χ1) is 39.6. The summed E-state index contributed by atoms with van der Waals surface area (Å²) in [6.07, 6.45) is 6.09. The van der Waals surface area contributed by atoms with Gasteiger partial charge in [0.05, 0.1) is 0 Å². The Hall–Kier alpha value is -6.64. The molecule has 10 rings (SSSR count). The Balaban J connectivity index is 0.000000244. The molecule has 0 saturated carbocycles. The van der Waals surface area contributed by atoms with E-state index in [2.05, 4.69) is 292 Å². The van der Waals surface area contributed by atoms with Crippen LogP contribution in [-0.4, -0.2) is 9.97 Å². The topological polar surface area (TPSA) is 25.8 Å². The van der Waals surface area contributed by atoms with Crippen molar-refractivity contribution in [3.8, 4) is 89.3 Å². The van der Waals surface area contributed by atoms with E-state index in [1.807, 2.05) is 54.9 Å². The number of rotatable bonds is 12. The Bertz CT molecular complexity index is 3630. The van der Waals surface area contributed by atoms with Crippen LogP contribution in [0.5, 0.6) is 0 Å². The molecule has 0 unspecified atom stereocenters. The van der Waals surface area contributed by atoms with Crippen molar-refractivity contribution >= 4 is 0 Å². The first-order valence-corrected chi connectivity index (χ1v) is 30.2. The SMILES string of the molecule is CC(C)(C)CC(C)(C)c1ccc(-c2cc(-c3ccc(C(C)(C)CC(C)(C)C)cc3)cc(-c3ccc(-c4[c-]cccc4)nc3)c2)cc1.CC(C)(C)c1ccc(-c2cc(-c3ccc(C(C)(C)C)cc3)cc(-c3cc[c-]c(-c4ccccn4)c3)c2)cc1.[Ir].[Ir]. The normalized spacial score (nSPS) is 12.1. The Kier molecular flexibility index (Phi) is 21.1. The summed E-state index contributed by atoms with van der Waals surface area (Å²) in [4.78, 5) is 9.37. The van der Waals surface area contributed by atoms with Crippen LogP contribution in [0.3, 0.4) is 0 Å². The third kappa shape index (κ3) is 17.3. The number of nitrogens with zero attached hydrogens (tertiary/aromatic N) is 2. The van der Waals surface area contributed by atoms with Gasteiger partial charge in [0.15, 0.2) is 0 Å². The molecule has 0 saturated heterocycles. The maximum absolute atomic E-state index is 4.83. The van der Waals surface area contributed by atoms with Gasteiger partial charge in [0, 0.05) is 52.6 Å². The largest absolute Gasteiger partial charge is 0.305 e. The first-order valence-electron chi connectivity index (χ1n) is 30.2. The van der Waals surface area contributed by atoms with Crippen LogP contribution >= 0.6 is 0 Å². The molecule has 86 heavy (non-hydrogen) atoms. The first kappa shape index (κ1) is 66.9. The minimum absolute atomic E-state index is 0. The molecule has 0 spiro atoms. The van der Waals surface area contributed by atoms with Crippen LogP contribution in [0.15, 0.2) is 219 Å². The second-order valence-electron chi connectivity index (χ2n) is 29.1. The third-order valence-corrected chi connectivity index (χ3v) is 16.1. The molecule has 2 radical (unpaired) electrons. The molecular formula is C82H88Ir2N2-2. The number of hydrogen-bond acceptors (Lipinski definition) is 2. The van der Waals surface area contributed by atoms with E-state index >= 15 is 0 Å². The van der Waals surface area contributed by atoms with Crippen molar-refractivity contribution in [1.82, 2.24) is 9.97 Å². The van der Waals surface area contributed by atoms with Crippen molar-refractivity contribution in [1.29, 1.82) is 0 Å². The van der Waals surface area contributed by atoms with E-state index in [9.17, 15) is 0 Å². The van der Waals surface area contributed by atoms with Gasteiger partial charge in [-0.25, -0.2) is 0 Å². The van der Waals surface area contributed by atoms with Gasteiger partial charge in [0.2, 0.25) is 0 Å². The van der Waals surface area contributed by atoms with Gasteiger partial charge >= 0.3 is 0 Å². The summed E-state index contributed by atoms with van der Waals surface area (Å²) in [5.74, 6) is 0. The maximum Gasteiger partial charge on any atom is 0.0239 e. The van der Waals surface area contributed by atoms with Crippen LogP contribution in [0.2, 0.25) is 0 Å². The third-order valence-electron chi connectivity index (χ3n) is 16.1. The molecule has 0 fully saturated rings. The average molecular weight is 1490 g/mol. The Morgan fingerprint density at radius 1 is 0.291 bits per heavy atom. The monoisotopic (exact) mass is 1490 g/mol.